The van der Waals surface area contributed by atoms with E-state index < -0.39 is 0 Å². The van der Waals surface area contributed by atoms with Gasteiger partial charge in [-0.15, -0.1) is 23.7 Å². The largest absolute Gasteiger partial charge is 0.316 e. The van der Waals surface area contributed by atoms with Crippen LogP contribution in [0.1, 0.15) is 29.7 Å². The first-order chi connectivity index (χ1) is 8.30. The Morgan fingerprint density at radius 2 is 2.39 bits per heavy atom. The van der Waals surface area contributed by atoms with Gasteiger partial charge in [-0.3, -0.25) is 4.90 Å². The Kier molecular flexibility index (Phi) is 4.64. The first kappa shape index (κ1) is 14.3. The van der Waals surface area contributed by atoms with Gasteiger partial charge in [0.05, 0.1) is 5.01 Å². The number of hydrogen-bond donors (Lipinski definition) is 1. The van der Waals surface area contributed by atoms with Crippen LogP contribution in [0.5, 0.6) is 0 Å². The van der Waals surface area contributed by atoms with E-state index in [0.29, 0.717) is 5.41 Å². The summed E-state index contributed by atoms with van der Waals surface area (Å²) in [5.41, 5.74) is 0.596. The molecule has 1 N–H and O–H groups in total. The molecule has 2 saturated heterocycles. The number of nitrogens with zero attached hydrogens (tertiary/aromatic N) is 2. The predicted molar refractivity (Wildman–Crippen MR) is 78.6 cm³/mol. The molecule has 1 unspecified atom stereocenters. The summed E-state index contributed by atoms with van der Waals surface area (Å²) < 4.78 is 0. The van der Waals surface area contributed by atoms with Crippen molar-refractivity contribution in [3.05, 3.63) is 16.1 Å². The van der Waals surface area contributed by atoms with E-state index in [1.54, 1.807) is 0 Å². The molecule has 0 amide bonds. The molecule has 1 aromatic rings. The molecule has 2 aliphatic heterocycles. The average Bonchev–Trinajstić information content (AvgIpc) is 3.03. The van der Waals surface area contributed by atoms with Gasteiger partial charge >= 0.3 is 0 Å². The fourth-order valence-electron chi connectivity index (χ4n) is 3.11. The number of rotatable bonds is 3. The Hall–Kier alpha value is -0.160. The summed E-state index contributed by atoms with van der Waals surface area (Å²) in [5, 5.41) is 4.79. The second-order valence-corrected chi connectivity index (χ2v) is 6.66. The van der Waals surface area contributed by atoms with Crippen LogP contribution in [0, 0.1) is 5.41 Å². The maximum atomic E-state index is 4.45. The third-order valence-corrected chi connectivity index (χ3v) is 5.26. The van der Waals surface area contributed by atoms with E-state index in [0.717, 1.165) is 13.0 Å². The minimum absolute atomic E-state index is 0. The molecule has 3 rings (SSSR count). The molecular formula is C13H22ClN3S. The summed E-state index contributed by atoms with van der Waals surface area (Å²) in [6.45, 7) is 8.28. The lowest BCUT2D eigenvalue weighted by Crippen LogP contribution is -2.28. The van der Waals surface area contributed by atoms with Gasteiger partial charge in [0.2, 0.25) is 0 Å². The van der Waals surface area contributed by atoms with Crippen molar-refractivity contribution in [2.45, 2.75) is 32.7 Å². The maximum absolute atomic E-state index is 4.45. The van der Waals surface area contributed by atoms with Crippen LogP contribution in [0.3, 0.4) is 0 Å². The Balaban J connectivity index is 0.00000120. The molecule has 0 aliphatic carbocycles. The van der Waals surface area contributed by atoms with E-state index >= 15 is 0 Å². The Bertz CT molecular complexity index is 387. The Morgan fingerprint density at radius 1 is 1.50 bits per heavy atom. The van der Waals surface area contributed by atoms with E-state index in [-0.39, 0.29) is 12.4 Å². The van der Waals surface area contributed by atoms with Crippen molar-refractivity contribution in [1.29, 1.82) is 0 Å². The SMILES string of the molecule is CCc1ncc(CN2CCC3(CCNC3)C2)s1.Cl. The van der Waals surface area contributed by atoms with Gasteiger partial charge in [-0.1, -0.05) is 6.92 Å². The summed E-state index contributed by atoms with van der Waals surface area (Å²) in [6, 6.07) is 0. The van der Waals surface area contributed by atoms with Crippen LogP contribution < -0.4 is 5.32 Å². The summed E-state index contributed by atoms with van der Waals surface area (Å²) >= 11 is 1.88. The van der Waals surface area contributed by atoms with Crippen molar-refractivity contribution in [1.82, 2.24) is 15.2 Å². The number of halogens is 1. The molecule has 1 spiro atoms. The fraction of sp³-hybridized carbons (Fsp3) is 0.769. The number of nitrogens with one attached hydrogen (secondary N) is 1. The molecule has 2 fully saturated rings. The monoisotopic (exact) mass is 287 g/mol. The van der Waals surface area contributed by atoms with Crippen LogP contribution in [0.15, 0.2) is 6.20 Å². The van der Waals surface area contributed by atoms with Gasteiger partial charge in [-0.2, -0.15) is 0 Å². The molecule has 2 aliphatic rings. The van der Waals surface area contributed by atoms with Crippen LogP contribution >= 0.6 is 23.7 Å². The van der Waals surface area contributed by atoms with Crippen LogP contribution in [0.2, 0.25) is 0 Å². The first-order valence-electron chi connectivity index (χ1n) is 6.66. The van der Waals surface area contributed by atoms with Crippen molar-refractivity contribution < 1.29 is 0 Å². The number of hydrogen-bond acceptors (Lipinski definition) is 4. The third kappa shape index (κ3) is 2.87. The summed E-state index contributed by atoms with van der Waals surface area (Å²) in [5.74, 6) is 0. The smallest absolute Gasteiger partial charge is 0.0925 e. The van der Waals surface area contributed by atoms with E-state index in [9.17, 15) is 0 Å². The molecule has 0 bridgehead atoms. The molecule has 1 aromatic heterocycles. The highest BCUT2D eigenvalue weighted by Crippen LogP contribution is 2.36. The average molecular weight is 288 g/mol. The standard InChI is InChI=1S/C13H21N3S.ClH/c1-2-12-15-7-11(17-12)8-16-6-4-13(10-16)3-5-14-9-13;/h7,14H,2-6,8-10H2,1H3;1H. The van der Waals surface area contributed by atoms with Gasteiger partial charge in [0.25, 0.3) is 0 Å². The summed E-state index contributed by atoms with van der Waals surface area (Å²) in [6.07, 6.45) is 5.88. The zero-order valence-corrected chi connectivity index (χ0v) is 12.6. The maximum Gasteiger partial charge on any atom is 0.0925 e. The van der Waals surface area contributed by atoms with Crippen molar-refractivity contribution in [3.63, 3.8) is 0 Å². The van der Waals surface area contributed by atoms with E-state index in [2.05, 4.69) is 28.3 Å². The first-order valence-corrected chi connectivity index (χ1v) is 7.48. The van der Waals surface area contributed by atoms with Crippen molar-refractivity contribution in [3.8, 4) is 0 Å². The second kappa shape index (κ2) is 5.87. The normalized spacial score (nSPS) is 27.8. The lowest BCUT2D eigenvalue weighted by Gasteiger charge is -2.22. The quantitative estimate of drug-likeness (QED) is 0.925. The van der Waals surface area contributed by atoms with Crippen LogP contribution in [0.4, 0.5) is 0 Å². The van der Waals surface area contributed by atoms with Crippen LogP contribution in [-0.4, -0.2) is 36.1 Å². The van der Waals surface area contributed by atoms with Gasteiger partial charge in [-0.25, -0.2) is 4.98 Å². The van der Waals surface area contributed by atoms with E-state index in [1.165, 1.54) is 48.9 Å². The summed E-state index contributed by atoms with van der Waals surface area (Å²) in [4.78, 5) is 8.49. The molecule has 3 heterocycles. The van der Waals surface area contributed by atoms with Gasteiger partial charge < -0.3 is 5.32 Å². The van der Waals surface area contributed by atoms with Gasteiger partial charge in [0.15, 0.2) is 0 Å². The molecule has 102 valence electrons. The molecular weight excluding hydrogens is 266 g/mol. The Morgan fingerprint density at radius 3 is 3.06 bits per heavy atom. The van der Waals surface area contributed by atoms with Crippen molar-refractivity contribution >= 4 is 23.7 Å². The minimum Gasteiger partial charge on any atom is -0.316 e. The zero-order chi connectivity index (χ0) is 11.7. The molecule has 0 aromatic carbocycles. The van der Waals surface area contributed by atoms with E-state index in [1.807, 2.05) is 11.3 Å². The molecule has 5 heteroatoms. The van der Waals surface area contributed by atoms with Crippen LogP contribution in [0.25, 0.3) is 0 Å². The van der Waals surface area contributed by atoms with Gasteiger partial charge in [0.1, 0.15) is 0 Å². The van der Waals surface area contributed by atoms with Gasteiger partial charge in [0, 0.05) is 30.7 Å². The highest BCUT2D eigenvalue weighted by atomic mass is 35.5. The number of aryl methyl sites for hydroxylation is 1. The highest BCUT2D eigenvalue weighted by molar-refractivity contribution is 7.11. The van der Waals surface area contributed by atoms with Crippen molar-refractivity contribution in [2.75, 3.05) is 26.2 Å². The Labute approximate surface area is 119 Å². The number of likely N-dealkylation sites (tertiary alicyclic amines) is 1. The molecule has 3 nitrogen and oxygen atoms in total. The predicted octanol–water partition coefficient (Wildman–Crippen LogP) is 2.31. The molecule has 0 radical (unpaired) electrons. The third-order valence-electron chi connectivity index (χ3n) is 4.13. The molecule has 18 heavy (non-hydrogen) atoms. The summed E-state index contributed by atoms with van der Waals surface area (Å²) in [7, 11) is 0. The second-order valence-electron chi connectivity index (χ2n) is 5.46. The number of thiazole rings is 1. The van der Waals surface area contributed by atoms with Crippen molar-refractivity contribution in [2.24, 2.45) is 5.41 Å². The lowest BCUT2D eigenvalue weighted by molar-refractivity contribution is 0.270. The minimum atomic E-state index is 0. The van der Waals surface area contributed by atoms with Crippen LogP contribution in [-0.2, 0) is 13.0 Å². The van der Waals surface area contributed by atoms with E-state index in [4.69, 9.17) is 0 Å². The topological polar surface area (TPSA) is 28.2 Å². The zero-order valence-electron chi connectivity index (χ0n) is 10.9. The van der Waals surface area contributed by atoms with Gasteiger partial charge in [-0.05, 0) is 37.8 Å². The molecule has 0 saturated carbocycles. The highest BCUT2D eigenvalue weighted by Gasteiger charge is 2.40. The molecule has 1 atom stereocenters. The fourth-order valence-corrected chi connectivity index (χ4v) is 4.02. The lowest BCUT2D eigenvalue weighted by atomic mass is 9.87. The number of aromatic nitrogens is 1.